The molecule has 28 heavy (non-hydrogen) atoms. The Morgan fingerprint density at radius 2 is 2.04 bits per heavy atom. The number of amides is 3. The maximum Gasteiger partial charge on any atom is 0.414 e. The number of alkyl carbamates (subject to hydrolysis) is 1. The standard InChI is InChI=1S/C16H12F2N4O4S2/c1-16(17,18)7-26-15(25)22-11(23)8-3-5-27-13(8)21-12(24)14-20-9-6-19-4-2-10(9)28-14/h2-6H,7H2,1H3,(H,21,24)(H,22,23,25). The second-order valence-corrected chi connectivity index (χ2v) is 7.53. The first-order chi connectivity index (χ1) is 13.2. The lowest BCUT2D eigenvalue weighted by molar-refractivity contribution is -0.0382. The van der Waals surface area contributed by atoms with Gasteiger partial charge >= 0.3 is 6.09 Å². The van der Waals surface area contributed by atoms with E-state index in [9.17, 15) is 23.2 Å². The first kappa shape index (κ1) is 19.8. The summed E-state index contributed by atoms with van der Waals surface area (Å²) in [4.78, 5) is 44.1. The number of aromatic nitrogens is 2. The van der Waals surface area contributed by atoms with Crippen LogP contribution in [0.15, 0.2) is 29.9 Å². The summed E-state index contributed by atoms with van der Waals surface area (Å²) in [6.07, 6.45) is 1.80. The number of ether oxygens (including phenoxy) is 1. The molecule has 0 aliphatic rings. The molecule has 0 aromatic carbocycles. The van der Waals surface area contributed by atoms with Gasteiger partial charge in [-0.25, -0.2) is 18.6 Å². The van der Waals surface area contributed by atoms with E-state index in [0.717, 1.165) is 27.4 Å². The van der Waals surface area contributed by atoms with Crippen LogP contribution in [0.25, 0.3) is 10.2 Å². The molecule has 3 heterocycles. The number of nitrogens with one attached hydrogen (secondary N) is 2. The van der Waals surface area contributed by atoms with E-state index in [1.54, 1.807) is 12.3 Å². The molecule has 12 heteroatoms. The predicted octanol–water partition coefficient (Wildman–Crippen LogP) is 3.53. The second-order valence-electron chi connectivity index (χ2n) is 5.58. The highest BCUT2D eigenvalue weighted by Gasteiger charge is 2.25. The zero-order valence-electron chi connectivity index (χ0n) is 14.2. The zero-order chi connectivity index (χ0) is 20.3. The van der Waals surface area contributed by atoms with Crippen molar-refractivity contribution in [3.05, 3.63) is 40.5 Å². The predicted molar refractivity (Wildman–Crippen MR) is 99.1 cm³/mol. The first-order valence-corrected chi connectivity index (χ1v) is 9.38. The Kier molecular flexibility index (Phi) is 5.61. The molecule has 0 atom stereocenters. The van der Waals surface area contributed by atoms with Crippen LogP contribution in [0.4, 0.5) is 18.6 Å². The van der Waals surface area contributed by atoms with Crippen molar-refractivity contribution in [2.75, 3.05) is 11.9 Å². The normalized spacial score (nSPS) is 11.2. The molecule has 0 aliphatic carbocycles. The van der Waals surface area contributed by atoms with Crippen LogP contribution in [0, 0.1) is 0 Å². The van der Waals surface area contributed by atoms with Gasteiger partial charge in [0, 0.05) is 13.1 Å². The minimum atomic E-state index is -3.21. The number of rotatable bonds is 5. The molecule has 0 unspecified atom stereocenters. The molecular formula is C16H12F2N4O4S2. The van der Waals surface area contributed by atoms with Gasteiger partial charge < -0.3 is 10.1 Å². The molecule has 3 aromatic rings. The largest absolute Gasteiger partial charge is 0.443 e. The van der Waals surface area contributed by atoms with E-state index in [1.165, 1.54) is 17.6 Å². The minimum Gasteiger partial charge on any atom is -0.443 e. The van der Waals surface area contributed by atoms with E-state index in [2.05, 4.69) is 20.0 Å². The number of halogens is 2. The average Bonchev–Trinajstić information content (AvgIpc) is 3.25. The van der Waals surface area contributed by atoms with Crippen LogP contribution >= 0.6 is 22.7 Å². The Morgan fingerprint density at radius 3 is 2.75 bits per heavy atom. The lowest BCUT2D eigenvalue weighted by atomic mass is 10.3. The van der Waals surface area contributed by atoms with E-state index >= 15 is 0 Å². The number of fused-ring (bicyclic) bond motifs is 1. The van der Waals surface area contributed by atoms with E-state index in [-0.39, 0.29) is 15.6 Å². The maximum absolute atomic E-state index is 12.7. The fraction of sp³-hybridized carbons (Fsp3) is 0.188. The summed E-state index contributed by atoms with van der Waals surface area (Å²) >= 11 is 2.21. The number of thiophene rings is 1. The third-order valence-corrected chi connectivity index (χ3v) is 5.06. The molecule has 0 aliphatic heterocycles. The van der Waals surface area contributed by atoms with Crippen molar-refractivity contribution in [1.82, 2.24) is 15.3 Å². The Bertz CT molecular complexity index is 1010. The van der Waals surface area contributed by atoms with Crippen molar-refractivity contribution in [3.63, 3.8) is 0 Å². The van der Waals surface area contributed by atoms with Crippen LogP contribution < -0.4 is 10.6 Å². The molecule has 3 rings (SSSR count). The molecule has 3 aromatic heterocycles. The second kappa shape index (κ2) is 7.94. The summed E-state index contributed by atoms with van der Waals surface area (Å²) in [5.41, 5.74) is 0.554. The third-order valence-electron chi connectivity index (χ3n) is 3.19. The van der Waals surface area contributed by atoms with Gasteiger partial charge in [0.1, 0.15) is 10.5 Å². The number of hydrogen-bond donors (Lipinski definition) is 2. The quantitative estimate of drug-likeness (QED) is 0.646. The monoisotopic (exact) mass is 426 g/mol. The highest BCUT2D eigenvalue weighted by atomic mass is 32.1. The van der Waals surface area contributed by atoms with Gasteiger partial charge in [-0.05, 0) is 17.5 Å². The van der Waals surface area contributed by atoms with Crippen LogP contribution in [0.3, 0.4) is 0 Å². The fourth-order valence-electron chi connectivity index (χ4n) is 2.01. The van der Waals surface area contributed by atoms with E-state index in [4.69, 9.17) is 0 Å². The van der Waals surface area contributed by atoms with E-state index < -0.39 is 30.4 Å². The lowest BCUT2D eigenvalue weighted by Gasteiger charge is -2.11. The summed E-state index contributed by atoms with van der Waals surface area (Å²) in [7, 11) is 0. The van der Waals surface area contributed by atoms with Crippen molar-refractivity contribution in [3.8, 4) is 0 Å². The minimum absolute atomic E-state index is 0.0127. The number of nitrogens with zero attached hydrogens (tertiary/aromatic N) is 2. The molecule has 146 valence electrons. The average molecular weight is 426 g/mol. The van der Waals surface area contributed by atoms with Crippen molar-refractivity contribution in [1.29, 1.82) is 0 Å². The molecule has 0 saturated heterocycles. The number of pyridine rings is 1. The van der Waals surface area contributed by atoms with Crippen LogP contribution in [0.1, 0.15) is 27.1 Å². The summed E-state index contributed by atoms with van der Waals surface area (Å²) in [5, 5.41) is 6.26. The molecule has 2 N–H and O–H groups in total. The van der Waals surface area contributed by atoms with Crippen molar-refractivity contribution in [2.45, 2.75) is 12.8 Å². The van der Waals surface area contributed by atoms with Crippen LogP contribution in [-0.4, -0.2) is 40.4 Å². The Labute approximate surface area is 164 Å². The number of imide groups is 1. The molecule has 0 bridgehead atoms. The lowest BCUT2D eigenvalue weighted by Crippen LogP contribution is -2.34. The van der Waals surface area contributed by atoms with Gasteiger partial charge in [-0.1, -0.05) is 0 Å². The van der Waals surface area contributed by atoms with Gasteiger partial charge in [0.15, 0.2) is 11.6 Å². The highest BCUT2D eigenvalue weighted by molar-refractivity contribution is 7.20. The van der Waals surface area contributed by atoms with Crippen LogP contribution in [0.2, 0.25) is 0 Å². The van der Waals surface area contributed by atoms with E-state index in [0.29, 0.717) is 12.4 Å². The topological polar surface area (TPSA) is 110 Å². The molecule has 8 nitrogen and oxygen atoms in total. The summed E-state index contributed by atoms with van der Waals surface area (Å²) < 4.78 is 30.4. The highest BCUT2D eigenvalue weighted by Crippen LogP contribution is 2.26. The van der Waals surface area contributed by atoms with Crippen LogP contribution in [-0.2, 0) is 4.74 Å². The third kappa shape index (κ3) is 4.84. The number of carbonyl (C=O) groups excluding carboxylic acids is 3. The van der Waals surface area contributed by atoms with Crippen LogP contribution in [0.5, 0.6) is 0 Å². The molecular weight excluding hydrogens is 414 g/mol. The number of hydrogen-bond acceptors (Lipinski definition) is 8. The summed E-state index contributed by atoms with van der Waals surface area (Å²) in [6.45, 7) is -0.585. The number of alkyl halides is 2. The van der Waals surface area contributed by atoms with Gasteiger partial charge in [0.2, 0.25) is 0 Å². The molecule has 0 radical (unpaired) electrons. The Hall–Kier alpha value is -2.99. The summed E-state index contributed by atoms with van der Waals surface area (Å²) in [6, 6.07) is 3.10. The first-order valence-electron chi connectivity index (χ1n) is 7.68. The number of anilines is 1. The molecule has 0 spiro atoms. The Balaban J connectivity index is 1.66. The summed E-state index contributed by atoms with van der Waals surface area (Å²) in [5.74, 6) is -4.64. The van der Waals surface area contributed by atoms with Gasteiger partial charge in [-0.3, -0.25) is 19.9 Å². The number of carbonyl (C=O) groups is 3. The Morgan fingerprint density at radius 1 is 1.25 bits per heavy atom. The molecule has 3 amide bonds. The number of thiazole rings is 1. The van der Waals surface area contributed by atoms with Gasteiger partial charge in [-0.2, -0.15) is 0 Å². The van der Waals surface area contributed by atoms with Gasteiger partial charge in [0.25, 0.3) is 17.7 Å². The van der Waals surface area contributed by atoms with Crippen molar-refractivity contribution < 1.29 is 27.9 Å². The fourth-order valence-corrected chi connectivity index (χ4v) is 3.61. The molecule has 0 fully saturated rings. The van der Waals surface area contributed by atoms with Gasteiger partial charge in [-0.15, -0.1) is 22.7 Å². The van der Waals surface area contributed by atoms with Gasteiger partial charge in [0.05, 0.1) is 16.5 Å². The molecule has 0 saturated carbocycles. The van der Waals surface area contributed by atoms with E-state index in [1.807, 2.05) is 5.32 Å². The maximum atomic E-state index is 12.7. The van der Waals surface area contributed by atoms with Crippen molar-refractivity contribution in [2.24, 2.45) is 0 Å². The van der Waals surface area contributed by atoms with Crippen molar-refractivity contribution >= 4 is 55.8 Å². The zero-order valence-corrected chi connectivity index (χ0v) is 15.8. The smallest absolute Gasteiger partial charge is 0.414 e. The SMILES string of the molecule is CC(F)(F)COC(=O)NC(=O)c1ccsc1NC(=O)c1nc2cnccc2s1.